The number of amides is 2. The van der Waals surface area contributed by atoms with Crippen molar-refractivity contribution in [2.45, 2.75) is 19.5 Å². The van der Waals surface area contributed by atoms with Crippen molar-refractivity contribution in [3.63, 3.8) is 0 Å². The monoisotopic (exact) mass is 312 g/mol. The molecule has 1 aromatic heterocycles. The van der Waals surface area contributed by atoms with E-state index in [-0.39, 0.29) is 18.3 Å². The lowest BCUT2D eigenvalue weighted by atomic mass is 10.1. The minimum absolute atomic E-state index is 0.0201. The zero-order valence-corrected chi connectivity index (χ0v) is 13.2. The lowest BCUT2D eigenvalue weighted by Crippen LogP contribution is -2.40. The van der Waals surface area contributed by atoms with Crippen LogP contribution in [0.2, 0.25) is 0 Å². The van der Waals surface area contributed by atoms with Crippen LogP contribution in [0.3, 0.4) is 0 Å². The van der Waals surface area contributed by atoms with Gasteiger partial charge in [0.15, 0.2) is 5.69 Å². The molecule has 2 rings (SSSR count). The summed E-state index contributed by atoms with van der Waals surface area (Å²) < 4.78 is 0. The fourth-order valence-corrected chi connectivity index (χ4v) is 3.25. The van der Waals surface area contributed by atoms with E-state index in [4.69, 9.17) is 5.11 Å². The number of carbonyl (C=O) groups is 2. The molecule has 0 spiro atoms. The van der Waals surface area contributed by atoms with Crippen LogP contribution < -0.4 is 5.32 Å². The molecule has 1 aliphatic heterocycles. The molecule has 1 fully saturated rings. The smallest absolute Gasteiger partial charge is 0.355 e. The summed E-state index contributed by atoms with van der Waals surface area (Å²) in [6.07, 6.45) is 0. The number of carboxylic acid groups (broad SMARTS) is 1. The molecule has 0 aliphatic carbocycles. The first-order chi connectivity index (χ1) is 9.88. The van der Waals surface area contributed by atoms with E-state index >= 15 is 0 Å². The predicted molar refractivity (Wildman–Crippen MR) is 79.5 cm³/mol. The number of nitrogens with zero attached hydrogens (tertiary/aromatic N) is 3. The van der Waals surface area contributed by atoms with E-state index in [0.717, 1.165) is 6.54 Å². The highest BCUT2D eigenvalue weighted by molar-refractivity contribution is 7.09. The molecule has 2 heterocycles. The van der Waals surface area contributed by atoms with Crippen LogP contribution in [-0.2, 0) is 6.54 Å². The van der Waals surface area contributed by atoms with Crippen LogP contribution in [0.15, 0.2) is 5.38 Å². The lowest BCUT2D eigenvalue weighted by molar-refractivity contribution is 0.0691. The van der Waals surface area contributed by atoms with Crippen molar-refractivity contribution >= 4 is 23.3 Å². The van der Waals surface area contributed by atoms with Crippen LogP contribution >= 0.6 is 11.3 Å². The number of likely N-dealkylation sites (N-methyl/N-ethyl adjacent to an activating group) is 1. The van der Waals surface area contributed by atoms with Gasteiger partial charge < -0.3 is 20.2 Å². The average Bonchev–Trinajstić information content (AvgIpc) is 3.02. The van der Waals surface area contributed by atoms with Crippen LogP contribution in [0.5, 0.6) is 0 Å². The summed E-state index contributed by atoms with van der Waals surface area (Å²) in [6, 6.07) is 0.243. The average molecular weight is 312 g/mol. The zero-order chi connectivity index (χ0) is 15.6. The number of urea groups is 1. The summed E-state index contributed by atoms with van der Waals surface area (Å²) in [6.45, 7) is 3.83. The summed E-state index contributed by atoms with van der Waals surface area (Å²) in [5.41, 5.74) is 0.0201. The molecule has 0 saturated carbocycles. The molecule has 116 valence electrons. The molecule has 1 aromatic rings. The van der Waals surface area contributed by atoms with Crippen molar-refractivity contribution in [3.05, 3.63) is 16.1 Å². The second kappa shape index (κ2) is 6.40. The van der Waals surface area contributed by atoms with Gasteiger partial charge in [0.2, 0.25) is 0 Å². The van der Waals surface area contributed by atoms with Crippen molar-refractivity contribution < 1.29 is 14.7 Å². The Kier molecular flexibility index (Phi) is 4.79. The summed E-state index contributed by atoms with van der Waals surface area (Å²) in [7, 11) is 4.04. The van der Waals surface area contributed by atoms with Gasteiger partial charge in [-0.3, -0.25) is 0 Å². The Morgan fingerprint density at radius 1 is 1.52 bits per heavy atom. The molecule has 21 heavy (non-hydrogen) atoms. The molecule has 0 aromatic carbocycles. The minimum atomic E-state index is -1.05. The summed E-state index contributed by atoms with van der Waals surface area (Å²) in [5.74, 6) is -0.616. The second-order valence-electron chi connectivity index (χ2n) is 5.50. The molecule has 2 N–H and O–H groups in total. The molecular weight excluding hydrogens is 292 g/mol. The van der Waals surface area contributed by atoms with Gasteiger partial charge in [0.05, 0.1) is 6.54 Å². The summed E-state index contributed by atoms with van der Waals surface area (Å²) in [4.78, 5) is 30.7. The Labute approximate surface area is 127 Å². The third-order valence-corrected chi connectivity index (χ3v) is 4.53. The number of rotatable bonds is 4. The number of likely N-dealkylation sites (tertiary alicyclic amines) is 1. The van der Waals surface area contributed by atoms with Crippen molar-refractivity contribution in [2.75, 3.05) is 27.2 Å². The van der Waals surface area contributed by atoms with Gasteiger partial charge in [0, 0.05) is 24.5 Å². The Hall–Kier alpha value is -1.67. The third-order valence-electron chi connectivity index (χ3n) is 3.68. The summed E-state index contributed by atoms with van der Waals surface area (Å²) >= 11 is 1.23. The molecule has 2 atom stereocenters. The number of thiazole rings is 1. The SMILES string of the molecule is CC1CN(C(=O)NCc2nc(C(=O)O)cs2)CC1N(C)C. The number of hydrogen-bond donors (Lipinski definition) is 2. The highest BCUT2D eigenvalue weighted by Crippen LogP contribution is 2.20. The molecule has 0 bridgehead atoms. The fraction of sp³-hybridized carbons (Fsp3) is 0.615. The van der Waals surface area contributed by atoms with E-state index < -0.39 is 5.97 Å². The molecule has 8 heteroatoms. The zero-order valence-electron chi connectivity index (χ0n) is 12.4. The van der Waals surface area contributed by atoms with Crippen molar-refractivity contribution in [3.8, 4) is 0 Å². The van der Waals surface area contributed by atoms with Crippen LogP contribution in [-0.4, -0.2) is 65.1 Å². The molecule has 2 unspecified atom stereocenters. The quantitative estimate of drug-likeness (QED) is 0.864. The fourth-order valence-electron chi connectivity index (χ4n) is 2.54. The Bertz CT molecular complexity index is 531. The highest BCUT2D eigenvalue weighted by Gasteiger charge is 2.33. The molecule has 7 nitrogen and oxygen atoms in total. The largest absolute Gasteiger partial charge is 0.476 e. The highest BCUT2D eigenvalue weighted by atomic mass is 32.1. The molecular formula is C13H20N4O3S. The summed E-state index contributed by atoms with van der Waals surface area (Å²) in [5, 5.41) is 13.7. The maximum absolute atomic E-state index is 12.1. The Morgan fingerprint density at radius 3 is 2.76 bits per heavy atom. The van der Waals surface area contributed by atoms with Crippen molar-refractivity contribution in [1.29, 1.82) is 0 Å². The van der Waals surface area contributed by atoms with Crippen LogP contribution in [0, 0.1) is 5.92 Å². The second-order valence-corrected chi connectivity index (χ2v) is 6.45. The number of nitrogens with one attached hydrogen (secondary N) is 1. The normalized spacial score (nSPS) is 21.8. The van der Waals surface area contributed by atoms with E-state index in [9.17, 15) is 9.59 Å². The van der Waals surface area contributed by atoms with Crippen LogP contribution in [0.1, 0.15) is 22.4 Å². The van der Waals surface area contributed by atoms with E-state index in [1.54, 1.807) is 4.90 Å². The Balaban J connectivity index is 1.86. The first-order valence-electron chi connectivity index (χ1n) is 6.75. The van der Waals surface area contributed by atoms with E-state index in [1.165, 1.54) is 16.7 Å². The van der Waals surface area contributed by atoms with Gasteiger partial charge in [-0.2, -0.15) is 0 Å². The third kappa shape index (κ3) is 3.70. The molecule has 1 aliphatic rings. The predicted octanol–water partition coefficient (Wildman–Crippen LogP) is 0.933. The molecule has 0 radical (unpaired) electrons. The minimum Gasteiger partial charge on any atom is -0.476 e. The van der Waals surface area contributed by atoms with Crippen LogP contribution in [0.4, 0.5) is 4.79 Å². The van der Waals surface area contributed by atoms with Crippen molar-refractivity contribution in [2.24, 2.45) is 5.92 Å². The first kappa shape index (κ1) is 15.7. The standard InChI is InChI=1S/C13H20N4O3S/c1-8-5-17(6-10(8)16(2)3)13(20)14-4-11-15-9(7-21-11)12(18)19/h7-8,10H,4-6H2,1-3H3,(H,14,20)(H,18,19). The number of aromatic carboxylic acids is 1. The van der Waals surface area contributed by atoms with Gasteiger partial charge in [-0.25, -0.2) is 14.6 Å². The maximum atomic E-state index is 12.1. The maximum Gasteiger partial charge on any atom is 0.355 e. The van der Waals surface area contributed by atoms with Crippen molar-refractivity contribution in [1.82, 2.24) is 20.1 Å². The topological polar surface area (TPSA) is 85.8 Å². The van der Waals surface area contributed by atoms with E-state index in [2.05, 4.69) is 22.1 Å². The van der Waals surface area contributed by atoms with E-state index in [0.29, 0.717) is 23.5 Å². The van der Waals surface area contributed by atoms with Crippen LogP contribution in [0.25, 0.3) is 0 Å². The number of carboxylic acids is 1. The number of aromatic nitrogens is 1. The van der Waals surface area contributed by atoms with Gasteiger partial charge in [-0.1, -0.05) is 6.92 Å². The van der Waals surface area contributed by atoms with Gasteiger partial charge in [0.25, 0.3) is 0 Å². The first-order valence-corrected chi connectivity index (χ1v) is 7.63. The molecule has 2 amide bonds. The number of hydrogen-bond acceptors (Lipinski definition) is 5. The lowest BCUT2D eigenvalue weighted by Gasteiger charge is -2.22. The van der Waals surface area contributed by atoms with Gasteiger partial charge >= 0.3 is 12.0 Å². The van der Waals surface area contributed by atoms with Gasteiger partial charge in [-0.15, -0.1) is 11.3 Å². The number of carbonyl (C=O) groups excluding carboxylic acids is 1. The molecule has 1 saturated heterocycles. The van der Waals surface area contributed by atoms with E-state index in [1.807, 2.05) is 14.1 Å². The van der Waals surface area contributed by atoms with Gasteiger partial charge in [0.1, 0.15) is 5.01 Å². The van der Waals surface area contributed by atoms with Gasteiger partial charge in [-0.05, 0) is 20.0 Å². The Morgan fingerprint density at radius 2 is 2.24 bits per heavy atom.